The van der Waals surface area contributed by atoms with Crippen molar-refractivity contribution in [2.45, 2.75) is 31.0 Å². The molecule has 0 bridgehead atoms. The van der Waals surface area contributed by atoms with Crippen LogP contribution in [0.5, 0.6) is 0 Å². The summed E-state index contributed by atoms with van der Waals surface area (Å²) in [6.07, 6.45) is 0.225. The van der Waals surface area contributed by atoms with E-state index in [0.717, 1.165) is 10.5 Å². The first-order valence-electron chi connectivity index (χ1n) is 8.81. The van der Waals surface area contributed by atoms with Crippen molar-refractivity contribution in [2.24, 2.45) is 5.73 Å². The predicted molar refractivity (Wildman–Crippen MR) is 92.4 cm³/mol. The molecule has 27 heavy (non-hydrogen) atoms. The Kier molecular flexibility index (Phi) is 4.10. The Balaban J connectivity index is 1.52. The van der Waals surface area contributed by atoms with Crippen molar-refractivity contribution in [1.82, 2.24) is 15.1 Å². The number of aliphatic hydroxyl groups is 1. The molecule has 3 aliphatic rings. The van der Waals surface area contributed by atoms with Crippen LogP contribution in [-0.2, 0) is 16.1 Å². The van der Waals surface area contributed by atoms with Crippen LogP contribution in [0.15, 0.2) is 18.2 Å². The van der Waals surface area contributed by atoms with Crippen LogP contribution >= 0.6 is 0 Å². The molecule has 3 aliphatic heterocycles. The molecule has 1 aromatic rings. The van der Waals surface area contributed by atoms with Crippen LogP contribution in [0.4, 0.5) is 0 Å². The minimum atomic E-state index is -0.964. The van der Waals surface area contributed by atoms with Crippen LogP contribution in [-0.4, -0.2) is 69.8 Å². The van der Waals surface area contributed by atoms with Gasteiger partial charge in [-0.3, -0.25) is 34.3 Å². The Morgan fingerprint density at radius 2 is 1.85 bits per heavy atom. The Bertz CT molecular complexity index is 861. The normalized spacial score (nSPS) is 24.7. The van der Waals surface area contributed by atoms with Crippen LogP contribution in [0.1, 0.15) is 39.1 Å². The van der Waals surface area contributed by atoms with Crippen LogP contribution in [0.25, 0.3) is 0 Å². The maximum atomic E-state index is 12.8. The molecule has 3 heterocycles. The van der Waals surface area contributed by atoms with Gasteiger partial charge < -0.3 is 10.8 Å². The van der Waals surface area contributed by atoms with Gasteiger partial charge >= 0.3 is 0 Å². The average Bonchev–Trinajstić information content (AvgIpc) is 2.85. The Hall–Kier alpha value is -2.62. The third kappa shape index (κ3) is 2.93. The van der Waals surface area contributed by atoms with E-state index in [-0.39, 0.29) is 30.5 Å². The molecule has 1 atom stereocenters. The van der Waals surface area contributed by atoms with Crippen LogP contribution in [0, 0.1) is 0 Å². The summed E-state index contributed by atoms with van der Waals surface area (Å²) < 4.78 is 0. The summed E-state index contributed by atoms with van der Waals surface area (Å²) in [7, 11) is 0. The quantitative estimate of drug-likeness (QED) is 0.553. The topological polar surface area (TPSA) is 133 Å². The molecule has 0 aromatic heterocycles. The van der Waals surface area contributed by atoms with E-state index < -0.39 is 35.3 Å². The molecule has 4 rings (SSSR count). The second-order valence-electron chi connectivity index (χ2n) is 7.40. The molecule has 0 aliphatic carbocycles. The van der Waals surface area contributed by atoms with Gasteiger partial charge in [0.2, 0.25) is 11.8 Å². The number of fused-ring (bicyclic) bond motifs is 1. The molecule has 0 spiro atoms. The molecular formula is C18H20N4O5. The number of nitrogens with two attached hydrogens (primary N) is 1. The predicted octanol–water partition coefficient (Wildman–Crippen LogP) is -1.41. The SMILES string of the molecule is NCC1(O)CN(Cc2ccc3c(c2)C(=O)N(C2CCC(=O)NC2=O)C3=O)C1. The van der Waals surface area contributed by atoms with Crippen molar-refractivity contribution < 1.29 is 24.3 Å². The van der Waals surface area contributed by atoms with Gasteiger partial charge in [-0.15, -0.1) is 0 Å². The van der Waals surface area contributed by atoms with E-state index in [1.807, 2.05) is 4.90 Å². The van der Waals surface area contributed by atoms with Gasteiger partial charge in [0, 0.05) is 32.6 Å². The molecule has 4 N–H and O–H groups in total. The van der Waals surface area contributed by atoms with Gasteiger partial charge in [0.25, 0.3) is 11.8 Å². The molecule has 2 saturated heterocycles. The third-order valence-electron chi connectivity index (χ3n) is 5.33. The van der Waals surface area contributed by atoms with Crippen molar-refractivity contribution in [1.29, 1.82) is 0 Å². The standard InChI is InChI=1S/C18H20N4O5/c19-7-18(27)8-21(9-18)6-10-1-2-11-12(5-10)17(26)22(16(11)25)13-3-4-14(23)20-15(13)24/h1-2,5,13,27H,3-4,6-9,19H2,(H,20,23,24). The zero-order valence-electron chi connectivity index (χ0n) is 14.6. The first-order chi connectivity index (χ1) is 12.8. The van der Waals surface area contributed by atoms with Gasteiger partial charge in [-0.25, -0.2) is 0 Å². The molecule has 142 valence electrons. The maximum Gasteiger partial charge on any atom is 0.262 e. The third-order valence-corrected chi connectivity index (χ3v) is 5.33. The van der Waals surface area contributed by atoms with E-state index in [1.165, 1.54) is 0 Å². The lowest BCUT2D eigenvalue weighted by molar-refractivity contribution is -0.136. The lowest BCUT2D eigenvalue weighted by Crippen LogP contribution is -2.64. The smallest absolute Gasteiger partial charge is 0.262 e. The monoisotopic (exact) mass is 372 g/mol. The number of hydrogen-bond acceptors (Lipinski definition) is 7. The highest BCUT2D eigenvalue weighted by Crippen LogP contribution is 2.29. The molecule has 1 unspecified atom stereocenters. The average molecular weight is 372 g/mol. The van der Waals surface area contributed by atoms with E-state index in [9.17, 15) is 24.3 Å². The molecule has 4 amide bonds. The number of nitrogens with zero attached hydrogens (tertiary/aromatic N) is 2. The fourth-order valence-corrected chi connectivity index (χ4v) is 3.90. The molecule has 0 radical (unpaired) electrons. The fourth-order valence-electron chi connectivity index (χ4n) is 3.90. The van der Waals surface area contributed by atoms with Crippen molar-refractivity contribution in [3.05, 3.63) is 34.9 Å². The molecule has 2 fully saturated rings. The highest BCUT2D eigenvalue weighted by atomic mass is 16.3. The molecule has 1 aromatic carbocycles. The molecule has 9 heteroatoms. The second-order valence-corrected chi connectivity index (χ2v) is 7.40. The van der Waals surface area contributed by atoms with E-state index in [0.29, 0.717) is 19.6 Å². The van der Waals surface area contributed by atoms with Gasteiger partial charge in [-0.2, -0.15) is 0 Å². The second kappa shape index (κ2) is 6.22. The molecule has 0 saturated carbocycles. The Morgan fingerprint density at radius 1 is 1.15 bits per heavy atom. The number of amides is 4. The minimum absolute atomic E-state index is 0.0913. The van der Waals surface area contributed by atoms with Gasteiger partial charge in [0.1, 0.15) is 11.6 Å². The molecule has 9 nitrogen and oxygen atoms in total. The number of piperidine rings is 1. The summed E-state index contributed by atoms with van der Waals surface area (Å²) in [5, 5.41) is 12.2. The number of carbonyl (C=O) groups is 4. The summed E-state index contributed by atoms with van der Waals surface area (Å²) in [6.45, 7) is 1.63. The van der Waals surface area contributed by atoms with Gasteiger partial charge in [-0.05, 0) is 24.1 Å². The summed E-state index contributed by atoms with van der Waals surface area (Å²) in [5.41, 5.74) is 6.02. The van der Waals surface area contributed by atoms with Crippen LogP contribution in [0.3, 0.4) is 0 Å². The zero-order valence-corrected chi connectivity index (χ0v) is 14.6. The number of imide groups is 2. The van der Waals surface area contributed by atoms with Crippen molar-refractivity contribution in [3.63, 3.8) is 0 Å². The molecular weight excluding hydrogens is 352 g/mol. The summed E-state index contributed by atoms with van der Waals surface area (Å²) >= 11 is 0. The van der Waals surface area contributed by atoms with Gasteiger partial charge in [-0.1, -0.05) is 6.07 Å². The Morgan fingerprint density at radius 3 is 2.52 bits per heavy atom. The van der Waals surface area contributed by atoms with Gasteiger partial charge in [0.05, 0.1) is 11.1 Å². The van der Waals surface area contributed by atoms with Gasteiger partial charge in [0.15, 0.2) is 0 Å². The number of carbonyl (C=O) groups excluding carboxylic acids is 4. The summed E-state index contributed by atoms with van der Waals surface area (Å²) in [5.74, 6) is -2.06. The number of benzene rings is 1. The Labute approximate surface area is 155 Å². The van der Waals surface area contributed by atoms with Crippen molar-refractivity contribution in [3.8, 4) is 0 Å². The highest BCUT2D eigenvalue weighted by Gasteiger charge is 2.45. The lowest BCUT2D eigenvalue weighted by atomic mass is 9.93. The lowest BCUT2D eigenvalue weighted by Gasteiger charge is -2.46. The zero-order chi connectivity index (χ0) is 19.3. The maximum absolute atomic E-state index is 12.8. The summed E-state index contributed by atoms with van der Waals surface area (Å²) in [6, 6.07) is 4.04. The number of nitrogens with one attached hydrogen (secondary N) is 1. The van der Waals surface area contributed by atoms with E-state index >= 15 is 0 Å². The first kappa shape index (κ1) is 17.8. The van der Waals surface area contributed by atoms with Crippen molar-refractivity contribution >= 4 is 23.6 Å². The fraction of sp³-hybridized carbons (Fsp3) is 0.444. The number of rotatable bonds is 4. The number of β-amino-alcohol motifs (C(OH)–C–C–N with tert-alkyl or cyclic N) is 1. The highest BCUT2D eigenvalue weighted by molar-refractivity contribution is 6.23. The van der Waals surface area contributed by atoms with Crippen LogP contribution < -0.4 is 11.1 Å². The van der Waals surface area contributed by atoms with Crippen LogP contribution in [0.2, 0.25) is 0 Å². The van der Waals surface area contributed by atoms with E-state index in [4.69, 9.17) is 5.73 Å². The van der Waals surface area contributed by atoms with Crippen molar-refractivity contribution in [2.75, 3.05) is 19.6 Å². The largest absolute Gasteiger partial charge is 0.386 e. The minimum Gasteiger partial charge on any atom is -0.386 e. The van der Waals surface area contributed by atoms with E-state index in [1.54, 1.807) is 18.2 Å². The first-order valence-corrected chi connectivity index (χ1v) is 8.81. The van der Waals surface area contributed by atoms with E-state index in [2.05, 4.69) is 5.32 Å². The number of hydrogen-bond donors (Lipinski definition) is 3. The number of likely N-dealkylation sites (tertiary alicyclic amines) is 1. The summed E-state index contributed by atoms with van der Waals surface area (Å²) in [4.78, 5) is 51.7.